The lowest BCUT2D eigenvalue weighted by Crippen LogP contribution is -2.11. The fourth-order valence-corrected chi connectivity index (χ4v) is 3.20. The third kappa shape index (κ3) is 5.48. The van der Waals surface area contributed by atoms with Gasteiger partial charge in [0.15, 0.2) is 0 Å². The van der Waals surface area contributed by atoms with E-state index in [0.29, 0.717) is 0 Å². The molecule has 0 fully saturated rings. The number of nitrogens with two attached hydrogens (primary N) is 1. The second-order valence-corrected chi connectivity index (χ2v) is 6.93. The van der Waals surface area contributed by atoms with Crippen LogP contribution in [-0.4, -0.2) is 25.6 Å². The molecule has 0 spiro atoms. The topological polar surface area (TPSA) is 38.5 Å². The minimum absolute atomic E-state index is 0.774. The van der Waals surface area contributed by atoms with Crippen molar-refractivity contribution in [3.8, 4) is 5.75 Å². The van der Waals surface area contributed by atoms with Crippen LogP contribution in [0.15, 0.2) is 52.3 Å². The van der Waals surface area contributed by atoms with Crippen LogP contribution in [0.1, 0.15) is 25.3 Å². The molecule has 0 amide bonds. The molecule has 23 heavy (non-hydrogen) atoms. The van der Waals surface area contributed by atoms with Crippen LogP contribution >= 0.6 is 11.8 Å². The van der Waals surface area contributed by atoms with E-state index in [0.717, 1.165) is 42.3 Å². The average molecular weight is 330 g/mol. The SMILES string of the molecule is CCCCOc1ccc(Sc2ccccc2N)c(CN(C)C)c1. The summed E-state index contributed by atoms with van der Waals surface area (Å²) in [4.78, 5) is 4.48. The molecule has 0 saturated carbocycles. The van der Waals surface area contributed by atoms with Crippen LogP contribution < -0.4 is 10.5 Å². The van der Waals surface area contributed by atoms with Gasteiger partial charge in [-0.15, -0.1) is 0 Å². The van der Waals surface area contributed by atoms with E-state index >= 15 is 0 Å². The van der Waals surface area contributed by atoms with Gasteiger partial charge < -0.3 is 15.4 Å². The van der Waals surface area contributed by atoms with Gasteiger partial charge in [-0.3, -0.25) is 0 Å². The lowest BCUT2D eigenvalue weighted by atomic mass is 10.2. The summed E-state index contributed by atoms with van der Waals surface area (Å²) in [5.74, 6) is 0.945. The van der Waals surface area contributed by atoms with Crippen LogP contribution in [0.4, 0.5) is 5.69 Å². The number of hydrogen-bond donors (Lipinski definition) is 1. The van der Waals surface area contributed by atoms with E-state index in [1.54, 1.807) is 11.8 Å². The minimum Gasteiger partial charge on any atom is -0.494 e. The largest absolute Gasteiger partial charge is 0.494 e. The van der Waals surface area contributed by atoms with Crippen LogP contribution in [0, 0.1) is 0 Å². The van der Waals surface area contributed by atoms with Crippen LogP contribution in [0.5, 0.6) is 5.75 Å². The molecule has 0 heterocycles. The maximum atomic E-state index is 6.07. The number of anilines is 1. The third-order valence-corrected chi connectivity index (χ3v) is 4.63. The quantitative estimate of drug-likeness (QED) is 0.564. The lowest BCUT2D eigenvalue weighted by Gasteiger charge is -2.16. The Balaban J connectivity index is 2.21. The highest BCUT2D eigenvalue weighted by Gasteiger charge is 2.09. The Labute approximate surface area is 143 Å². The molecule has 2 N–H and O–H groups in total. The highest BCUT2D eigenvalue weighted by Crippen LogP contribution is 2.35. The fourth-order valence-electron chi connectivity index (χ4n) is 2.24. The van der Waals surface area contributed by atoms with Crippen molar-refractivity contribution >= 4 is 17.4 Å². The van der Waals surface area contributed by atoms with Gasteiger partial charge in [0.05, 0.1) is 6.61 Å². The van der Waals surface area contributed by atoms with E-state index in [1.807, 2.05) is 18.2 Å². The van der Waals surface area contributed by atoms with E-state index in [9.17, 15) is 0 Å². The number of nitrogens with zero attached hydrogens (tertiary/aromatic N) is 1. The minimum atomic E-state index is 0.774. The molecule has 0 unspecified atom stereocenters. The van der Waals surface area contributed by atoms with Gasteiger partial charge in [0, 0.05) is 22.0 Å². The number of benzene rings is 2. The molecule has 2 aromatic rings. The Hall–Kier alpha value is -1.65. The zero-order valence-electron chi connectivity index (χ0n) is 14.2. The molecular weight excluding hydrogens is 304 g/mol. The number of nitrogen functional groups attached to an aromatic ring is 1. The van der Waals surface area contributed by atoms with Crippen LogP contribution in [0.2, 0.25) is 0 Å². The van der Waals surface area contributed by atoms with Crippen LogP contribution in [-0.2, 0) is 6.54 Å². The molecule has 3 nitrogen and oxygen atoms in total. The van der Waals surface area contributed by atoms with Gasteiger partial charge in [0.2, 0.25) is 0 Å². The molecule has 0 atom stereocenters. The molecule has 0 aliphatic carbocycles. The Morgan fingerprint density at radius 2 is 1.87 bits per heavy atom. The highest BCUT2D eigenvalue weighted by atomic mass is 32.2. The molecule has 0 bridgehead atoms. The predicted octanol–water partition coefficient (Wildman–Crippen LogP) is 4.66. The van der Waals surface area contributed by atoms with Gasteiger partial charge in [-0.1, -0.05) is 37.2 Å². The number of ether oxygens (including phenoxy) is 1. The van der Waals surface area contributed by atoms with E-state index in [1.165, 1.54) is 10.5 Å². The molecule has 2 aromatic carbocycles. The summed E-state index contributed by atoms with van der Waals surface area (Å²) in [6.45, 7) is 3.82. The summed E-state index contributed by atoms with van der Waals surface area (Å²) in [5.41, 5.74) is 8.15. The van der Waals surface area contributed by atoms with Crippen molar-refractivity contribution in [2.24, 2.45) is 0 Å². The third-order valence-electron chi connectivity index (χ3n) is 3.42. The molecular formula is C19H26N2OS. The van der Waals surface area contributed by atoms with Crippen molar-refractivity contribution in [1.82, 2.24) is 4.90 Å². The van der Waals surface area contributed by atoms with Crippen LogP contribution in [0.25, 0.3) is 0 Å². The number of unbranched alkanes of at least 4 members (excludes halogenated alkanes) is 1. The zero-order valence-corrected chi connectivity index (χ0v) is 15.0. The molecule has 0 aromatic heterocycles. The number of rotatable bonds is 8. The van der Waals surface area contributed by atoms with Crippen molar-refractivity contribution in [2.45, 2.75) is 36.1 Å². The summed E-state index contributed by atoms with van der Waals surface area (Å²) >= 11 is 1.71. The normalized spacial score (nSPS) is 11.0. The van der Waals surface area contributed by atoms with Gasteiger partial charge in [-0.25, -0.2) is 0 Å². The maximum Gasteiger partial charge on any atom is 0.119 e. The van der Waals surface area contributed by atoms with E-state index in [-0.39, 0.29) is 0 Å². The molecule has 2 rings (SSSR count). The molecule has 0 radical (unpaired) electrons. The predicted molar refractivity (Wildman–Crippen MR) is 99.2 cm³/mol. The summed E-state index contributed by atoms with van der Waals surface area (Å²) in [5, 5.41) is 0. The summed E-state index contributed by atoms with van der Waals surface area (Å²) in [7, 11) is 4.16. The van der Waals surface area contributed by atoms with Crippen molar-refractivity contribution in [3.05, 3.63) is 48.0 Å². The summed E-state index contributed by atoms with van der Waals surface area (Å²) in [6, 6.07) is 14.3. The monoisotopic (exact) mass is 330 g/mol. The van der Waals surface area contributed by atoms with Gasteiger partial charge >= 0.3 is 0 Å². The highest BCUT2D eigenvalue weighted by molar-refractivity contribution is 7.99. The first-order chi connectivity index (χ1) is 11.1. The molecule has 124 valence electrons. The van der Waals surface area contributed by atoms with Crippen LogP contribution in [0.3, 0.4) is 0 Å². The molecule has 4 heteroatoms. The first-order valence-electron chi connectivity index (χ1n) is 8.03. The van der Waals surface area contributed by atoms with E-state index in [2.05, 4.69) is 50.2 Å². The Bertz CT molecular complexity index is 629. The first-order valence-corrected chi connectivity index (χ1v) is 8.84. The van der Waals surface area contributed by atoms with E-state index in [4.69, 9.17) is 10.5 Å². The second-order valence-electron chi connectivity index (χ2n) is 5.85. The zero-order chi connectivity index (χ0) is 16.7. The Morgan fingerprint density at radius 1 is 1.09 bits per heavy atom. The van der Waals surface area contributed by atoms with Gasteiger partial charge in [0.1, 0.15) is 5.75 Å². The molecule has 0 aliphatic heterocycles. The summed E-state index contributed by atoms with van der Waals surface area (Å²) < 4.78 is 5.85. The molecule has 0 saturated heterocycles. The summed E-state index contributed by atoms with van der Waals surface area (Å²) in [6.07, 6.45) is 2.23. The van der Waals surface area contributed by atoms with Crippen molar-refractivity contribution in [2.75, 3.05) is 26.4 Å². The molecule has 0 aliphatic rings. The number of hydrogen-bond acceptors (Lipinski definition) is 4. The fraction of sp³-hybridized carbons (Fsp3) is 0.368. The average Bonchev–Trinajstić information content (AvgIpc) is 2.51. The van der Waals surface area contributed by atoms with Crippen molar-refractivity contribution in [3.63, 3.8) is 0 Å². The Morgan fingerprint density at radius 3 is 2.57 bits per heavy atom. The van der Waals surface area contributed by atoms with Gasteiger partial charge in [0.25, 0.3) is 0 Å². The standard InChI is InChI=1S/C19H26N2OS/c1-4-5-12-22-16-10-11-18(15(13-16)14-21(2)3)23-19-9-7-6-8-17(19)20/h6-11,13H,4-5,12,14,20H2,1-3H3. The Kier molecular flexibility index (Phi) is 6.81. The lowest BCUT2D eigenvalue weighted by molar-refractivity contribution is 0.308. The van der Waals surface area contributed by atoms with Crippen molar-refractivity contribution in [1.29, 1.82) is 0 Å². The smallest absolute Gasteiger partial charge is 0.119 e. The van der Waals surface area contributed by atoms with Gasteiger partial charge in [-0.05, 0) is 56.4 Å². The second kappa shape index (κ2) is 8.85. The van der Waals surface area contributed by atoms with Crippen molar-refractivity contribution < 1.29 is 4.74 Å². The van der Waals surface area contributed by atoms with E-state index < -0.39 is 0 Å². The number of para-hydroxylation sites is 1. The maximum absolute atomic E-state index is 6.07. The first kappa shape index (κ1) is 17.7. The van der Waals surface area contributed by atoms with Gasteiger partial charge in [-0.2, -0.15) is 0 Å².